The number of amides is 4. The van der Waals surface area contributed by atoms with Crippen LogP contribution in [0.15, 0.2) is 54.6 Å². The Hall–Kier alpha value is -3.26. The van der Waals surface area contributed by atoms with Crippen molar-refractivity contribution in [2.24, 2.45) is 0 Å². The Kier molecular flexibility index (Phi) is 4.74. The lowest BCUT2D eigenvalue weighted by atomic mass is 9.92. The minimum absolute atomic E-state index is 0.119. The normalized spacial score (nSPS) is 23.6. The number of para-hydroxylation sites is 1. The van der Waals surface area contributed by atoms with Gasteiger partial charge in [0, 0.05) is 6.54 Å². The van der Waals surface area contributed by atoms with Crippen LogP contribution < -0.4 is 5.32 Å². The minimum atomic E-state index is -1.17. The van der Waals surface area contributed by atoms with Gasteiger partial charge in [0.05, 0.1) is 16.3 Å². The maximum absolute atomic E-state index is 13.2. The summed E-state index contributed by atoms with van der Waals surface area (Å²) in [5.41, 5.74) is 0.446. The fourth-order valence-corrected chi connectivity index (χ4v) is 5.50. The lowest BCUT2D eigenvalue weighted by molar-refractivity contribution is -0.139. The van der Waals surface area contributed by atoms with E-state index in [2.05, 4.69) is 5.32 Å². The summed E-state index contributed by atoms with van der Waals surface area (Å²) in [6.07, 6.45) is 1.70. The Morgan fingerprint density at radius 2 is 1.90 bits per heavy atom. The van der Waals surface area contributed by atoms with Gasteiger partial charge in [-0.05, 0) is 37.5 Å². The van der Waals surface area contributed by atoms with E-state index >= 15 is 0 Å². The van der Waals surface area contributed by atoms with Gasteiger partial charge >= 0.3 is 6.03 Å². The van der Waals surface area contributed by atoms with Crippen LogP contribution in [0.25, 0.3) is 10.2 Å². The predicted octanol–water partition coefficient (Wildman–Crippen LogP) is 3.43. The molecule has 1 N–H and O–H groups in total. The van der Waals surface area contributed by atoms with E-state index in [0.717, 1.165) is 33.0 Å². The van der Waals surface area contributed by atoms with Crippen LogP contribution in [-0.4, -0.2) is 45.7 Å². The molecule has 2 aromatic carbocycles. The van der Waals surface area contributed by atoms with Crippen molar-refractivity contribution in [1.82, 2.24) is 20.1 Å². The summed E-state index contributed by atoms with van der Waals surface area (Å²) in [6.45, 7) is 2.00. The van der Waals surface area contributed by atoms with Gasteiger partial charge in [0.25, 0.3) is 5.91 Å². The standard InChI is InChI=1S/C23H22N4O3S/c1-23(15-8-3-2-4-9-15)21(29)27(22(30)25-23)14-19(28)26-13-7-11-17(26)20-24-16-10-5-6-12-18(16)31-20/h2-6,8-10,12,17H,7,11,13-14H2,1H3,(H,25,30). The molecule has 31 heavy (non-hydrogen) atoms. The highest BCUT2D eigenvalue weighted by Crippen LogP contribution is 2.37. The number of nitrogens with one attached hydrogen (secondary N) is 1. The number of hydrogen-bond donors (Lipinski definition) is 1. The number of carbonyl (C=O) groups is 3. The quantitative estimate of drug-likeness (QED) is 0.638. The van der Waals surface area contributed by atoms with Crippen molar-refractivity contribution in [2.45, 2.75) is 31.3 Å². The van der Waals surface area contributed by atoms with E-state index in [4.69, 9.17) is 4.98 Å². The highest BCUT2D eigenvalue weighted by Gasteiger charge is 2.50. The van der Waals surface area contributed by atoms with E-state index in [1.54, 1.807) is 35.3 Å². The second-order valence-corrected chi connectivity index (χ2v) is 9.14. The number of imide groups is 1. The number of rotatable bonds is 4. The molecule has 2 fully saturated rings. The van der Waals surface area contributed by atoms with Crippen LogP contribution >= 0.6 is 11.3 Å². The van der Waals surface area contributed by atoms with Gasteiger partial charge in [-0.15, -0.1) is 11.3 Å². The summed E-state index contributed by atoms with van der Waals surface area (Å²) < 4.78 is 1.09. The first kappa shape index (κ1) is 19.7. The number of hydrogen-bond acceptors (Lipinski definition) is 5. The van der Waals surface area contributed by atoms with Crippen molar-refractivity contribution >= 4 is 39.4 Å². The van der Waals surface area contributed by atoms with Crippen molar-refractivity contribution < 1.29 is 14.4 Å². The number of nitrogens with zero attached hydrogens (tertiary/aromatic N) is 3. The molecule has 2 aliphatic rings. The summed E-state index contributed by atoms with van der Waals surface area (Å²) in [7, 11) is 0. The SMILES string of the molecule is CC1(c2ccccc2)NC(=O)N(CC(=O)N2CCCC2c2nc3ccccc3s2)C1=O. The molecule has 0 bridgehead atoms. The van der Waals surface area contributed by atoms with E-state index in [9.17, 15) is 14.4 Å². The first-order valence-electron chi connectivity index (χ1n) is 10.3. The van der Waals surface area contributed by atoms with Crippen molar-refractivity contribution in [1.29, 1.82) is 0 Å². The zero-order valence-corrected chi connectivity index (χ0v) is 17.9. The molecule has 2 atom stereocenters. The van der Waals surface area contributed by atoms with E-state index < -0.39 is 17.5 Å². The van der Waals surface area contributed by atoms with Gasteiger partial charge in [-0.3, -0.25) is 14.5 Å². The van der Waals surface area contributed by atoms with Crippen molar-refractivity contribution in [2.75, 3.05) is 13.1 Å². The smallest absolute Gasteiger partial charge is 0.325 e. The van der Waals surface area contributed by atoms with Gasteiger partial charge in [0.1, 0.15) is 17.1 Å². The third-order valence-corrected chi connectivity index (χ3v) is 7.23. The number of aromatic nitrogens is 1. The van der Waals surface area contributed by atoms with E-state index in [1.165, 1.54) is 0 Å². The van der Waals surface area contributed by atoms with Gasteiger partial charge in [-0.2, -0.15) is 0 Å². The Morgan fingerprint density at radius 1 is 1.16 bits per heavy atom. The average molecular weight is 435 g/mol. The molecular formula is C23H22N4O3S. The Morgan fingerprint density at radius 3 is 2.68 bits per heavy atom. The summed E-state index contributed by atoms with van der Waals surface area (Å²) in [5.74, 6) is -0.643. The van der Waals surface area contributed by atoms with Crippen molar-refractivity contribution in [3.63, 3.8) is 0 Å². The fourth-order valence-electron chi connectivity index (χ4n) is 4.39. The largest absolute Gasteiger partial charge is 0.332 e. The van der Waals surface area contributed by atoms with Crippen LogP contribution in [0, 0.1) is 0 Å². The molecule has 2 saturated heterocycles. The molecule has 7 nitrogen and oxygen atoms in total. The Bertz CT molecular complexity index is 1140. The first-order valence-corrected chi connectivity index (χ1v) is 11.1. The minimum Gasteiger partial charge on any atom is -0.332 e. The third kappa shape index (κ3) is 3.27. The number of benzene rings is 2. The lowest BCUT2D eigenvalue weighted by Crippen LogP contribution is -2.44. The number of urea groups is 1. The van der Waals surface area contributed by atoms with Crippen LogP contribution in [0.5, 0.6) is 0 Å². The topological polar surface area (TPSA) is 82.6 Å². The molecule has 0 aliphatic carbocycles. The molecule has 3 heterocycles. The molecule has 0 saturated carbocycles. The first-order chi connectivity index (χ1) is 15.0. The Labute approximate surface area is 183 Å². The number of fused-ring (bicyclic) bond motifs is 1. The molecule has 4 amide bonds. The van der Waals surface area contributed by atoms with Gasteiger partial charge in [-0.25, -0.2) is 9.78 Å². The second kappa shape index (κ2) is 7.46. The molecule has 2 unspecified atom stereocenters. The molecular weight excluding hydrogens is 412 g/mol. The number of carbonyl (C=O) groups excluding carboxylic acids is 3. The van der Waals surface area contributed by atoms with E-state index in [-0.39, 0.29) is 18.5 Å². The number of thiazole rings is 1. The lowest BCUT2D eigenvalue weighted by Gasteiger charge is -2.26. The zero-order chi connectivity index (χ0) is 21.6. The average Bonchev–Trinajstić information content (AvgIpc) is 3.48. The van der Waals surface area contributed by atoms with Crippen LogP contribution in [0.2, 0.25) is 0 Å². The second-order valence-electron chi connectivity index (χ2n) is 8.08. The van der Waals surface area contributed by atoms with Crippen LogP contribution in [0.3, 0.4) is 0 Å². The molecule has 5 rings (SSSR count). The molecule has 2 aliphatic heterocycles. The van der Waals surface area contributed by atoms with E-state index in [0.29, 0.717) is 12.1 Å². The monoisotopic (exact) mass is 434 g/mol. The summed E-state index contributed by atoms with van der Waals surface area (Å²) >= 11 is 1.59. The molecule has 0 radical (unpaired) electrons. The molecule has 3 aromatic rings. The van der Waals surface area contributed by atoms with Gasteiger partial charge in [-0.1, -0.05) is 42.5 Å². The van der Waals surface area contributed by atoms with E-state index in [1.807, 2.05) is 42.5 Å². The van der Waals surface area contributed by atoms with Crippen molar-refractivity contribution in [3.05, 3.63) is 65.2 Å². The molecule has 158 valence electrons. The highest BCUT2D eigenvalue weighted by molar-refractivity contribution is 7.18. The van der Waals surface area contributed by atoms with Gasteiger partial charge in [0.15, 0.2) is 0 Å². The molecule has 1 aromatic heterocycles. The maximum Gasteiger partial charge on any atom is 0.325 e. The van der Waals surface area contributed by atoms with Crippen molar-refractivity contribution in [3.8, 4) is 0 Å². The van der Waals surface area contributed by atoms with Gasteiger partial charge in [0.2, 0.25) is 5.91 Å². The van der Waals surface area contributed by atoms with Crippen LogP contribution in [0.1, 0.15) is 36.4 Å². The highest BCUT2D eigenvalue weighted by atomic mass is 32.1. The Balaban J connectivity index is 1.35. The molecule has 0 spiro atoms. The summed E-state index contributed by atoms with van der Waals surface area (Å²) in [4.78, 5) is 46.4. The zero-order valence-electron chi connectivity index (χ0n) is 17.1. The summed E-state index contributed by atoms with van der Waals surface area (Å²) in [5, 5.41) is 3.66. The number of likely N-dealkylation sites (tertiary alicyclic amines) is 1. The van der Waals surface area contributed by atoms with Gasteiger partial charge < -0.3 is 10.2 Å². The van der Waals surface area contributed by atoms with Crippen LogP contribution in [0.4, 0.5) is 4.79 Å². The fraction of sp³-hybridized carbons (Fsp3) is 0.304. The third-order valence-electron chi connectivity index (χ3n) is 6.09. The summed E-state index contributed by atoms with van der Waals surface area (Å²) in [6, 6.07) is 16.3. The van der Waals surface area contributed by atoms with Crippen LogP contribution in [-0.2, 0) is 15.1 Å². The predicted molar refractivity (Wildman–Crippen MR) is 117 cm³/mol. The molecule has 8 heteroatoms. The maximum atomic E-state index is 13.2.